The van der Waals surface area contributed by atoms with Gasteiger partial charge in [0.15, 0.2) is 11.5 Å². The molecule has 2 amide bonds. The van der Waals surface area contributed by atoms with Crippen LogP contribution in [0.15, 0.2) is 30.3 Å². The average Bonchev–Trinajstić information content (AvgIpc) is 2.82. The Balaban J connectivity index is 1.46. The molecular formula is C23H27N3O5. The molecule has 164 valence electrons. The average molecular weight is 425 g/mol. The third kappa shape index (κ3) is 4.10. The topological polar surface area (TPSA) is 80.3 Å². The molecule has 0 aromatic heterocycles. The molecule has 0 aliphatic carbocycles. The van der Waals surface area contributed by atoms with Crippen molar-refractivity contribution < 1.29 is 23.8 Å². The van der Waals surface area contributed by atoms with Crippen molar-refractivity contribution in [3.05, 3.63) is 41.5 Å². The second-order valence-electron chi connectivity index (χ2n) is 7.58. The summed E-state index contributed by atoms with van der Waals surface area (Å²) in [5.74, 6) is 1.37. The molecule has 4 rings (SSSR count). The maximum Gasteiger partial charge on any atom is 0.254 e. The van der Waals surface area contributed by atoms with Crippen LogP contribution in [0.5, 0.6) is 17.2 Å². The quantitative estimate of drug-likeness (QED) is 0.793. The molecule has 2 heterocycles. The van der Waals surface area contributed by atoms with Gasteiger partial charge in [-0.05, 0) is 36.2 Å². The third-order valence-corrected chi connectivity index (χ3v) is 5.83. The van der Waals surface area contributed by atoms with Gasteiger partial charge in [0.2, 0.25) is 11.7 Å². The van der Waals surface area contributed by atoms with Gasteiger partial charge < -0.3 is 29.3 Å². The summed E-state index contributed by atoms with van der Waals surface area (Å²) in [5.41, 5.74) is 3.62. The number of fused-ring (bicyclic) bond motifs is 1. The summed E-state index contributed by atoms with van der Waals surface area (Å²) >= 11 is 0. The van der Waals surface area contributed by atoms with Gasteiger partial charge in [0.1, 0.15) is 0 Å². The first-order valence-electron chi connectivity index (χ1n) is 10.3. The van der Waals surface area contributed by atoms with Gasteiger partial charge in [-0.2, -0.15) is 0 Å². The van der Waals surface area contributed by atoms with E-state index in [0.29, 0.717) is 55.4 Å². The van der Waals surface area contributed by atoms with Crippen molar-refractivity contribution in [1.82, 2.24) is 4.90 Å². The SMILES string of the molecule is COc1cc(C(=O)N2CCN(c3ccc4c(c3)NC(=O)CC4)CC2)cc(OC)c1OC. The van der Waals surface area contributed by atoms with E-state index in [4.69, 9.17) is 14.2 Å². The normalized spacial score (nSPS) is 15.8. The molecule has 0 saturated carbocycles. The highest BCUT2D eigenvalue weighted by Crippen LogP contribution is 2.38. The largest absolute Gasteiger partial charge is 0.493 e. The minimum absolute atomic E-state index is 0.0606. The summed E-state index contributed by atoms with van der Waals surface area (Å²) in [5, 5.41) is 2.95. The molecule has 31 heavy (non-hydrogen) atoms. The predicted octanol–water partition coefficient (Wildman–Crippen LogP) is 2.56. The number of carbonyl (C=O) groups is 2. The fraction of sp³-hybridized carbons (Fsp3) is 0.391. The molecule has 2 aromatic carbocycles. The Morgan fingerprint density at radius 3 is 2.19 bits per heavy atom. The zero-order valence-corrected chi connectivity index (χ0v) is 18.1. The van der Waals surface area contributed by atoms with E-state index in [9.17, 15) is 9.59 Å². The summed E-state index contributed by atoms with van der Waals surface area (Å²) in [4.78, 5) is 28.9. The number of methoxy groups -OCH3 is 3. The van der Waals surface area contributed by atoms with E-state index < -0.39 is 0 Å². The summed E-state index contributed by atoms with van der Waals surface area (Å²) in [7, 11) is 4.60. The van der Waals surface area contributed by atoms with Gasteiger partial charge in [-0.1, -0.05) is 6.07 Å². The highest BCUT2D eigenvalue weighted by molar-refractivity contribution is 5.96. The lowest BCUT2D eigenvalue weighted by atomic mass is 10.0. The molecule has 2 aromatic rings. The lowest BCUT2D eigenvalue weighted by Crippen LogP contribution is -2.48. The van der Waals surface area contributed by atoms with Crippen LogP contribution in [-0.2, 0) is 11.2 Å². The van der Waals surface area contributed by atoms with Gasteiger partial charge in [-0.15, -0.1) is 0 Å². The van der Waals surface area contributed by atoms with Crippen LogP contribution in [0.1, 0.15) is 22.3 Å². The number of amides is 2. The predicted molar refractivity (Wildman–Crippen MR) is 118 cm³/mol. The van der Waals surface area contributed by atoms with Crippen molar-refractivity contribution in [2.45, 2.75) is 12.8 Å². The van der Waals surface area contributed by atoms with Crippen LogP contribution in [0.2, 0.25) is 0 Å². The van der Waals surface area contributed by atoms with Crippen molar-refractivity contribution in [2.24, 2.45) is 0 Å². The number of hydrogen-bond donors (Lipinski definition) is 1. The number of ether oxygens (including phenoxy) is 3. The zero-order chi connectivity index (χ0) is 22.0. The summed E-state index contributed by atoms with van der Waals surface area (Å²) in [6, 6.07) is 9.57. The molecule has 1 fully saturated rings. The van der Waals surface area contributed by atoms with Crippen molar-refractivity contribution in [2.75, 3.05) is 57.7 Å². The minimum Gasteiger partial charge on any atom is -0.493 e. The summed E-state index contributed by atoms with van der Waals surface area (Å²) in [6.45, 7) is 2.61. The fourth-order valence-electron chi connectivity index (χ4n) is 4.11. The zero-order valence-electron chi connectivity index (χ0n) is 18.1. The van der Waals surface area contributed by atoms with Crippen LogP contribution in [0, 0.1) is 0 Å². The summed E-state index contributed by atoms with van der Waals surface area (Å²) < 4.78 is 16.1. The molecule has 8 nitrogen and oxygen atoms in total. The Morgan fingerprint density at radius 2 is 1.58 bits per heavy atom. The number of anilines is 2. The molecule has 1 N–H and O–H groups in total. The van der Waals surface area contributed by atoms with Gasteiger partial charge in [0, 0.05) is 49.5 Å². The number of hydrogen-bond acceptors (Lipinski definition) is 6. The molecule has 8 heteroatoms. The highest BCUT2D eigenvalue weighted by Gasteiger charge is 2.25. The number of benzene rings is 2. The van der Waals surface area contributed by atoms with Crippen LogP contribution in [-0.4, -0.2) is 64.2 Å². The molecular weight excluding hydrogens is 398 g/mol. The first-order valence-corrected chi connectivity index (χ1v) is 10.3. The smallest absolute Gasteiger partial charge is 0.254 e. The first-order chi connectivity index (χ1) is 15.0. The third-order valence-electron chi connectivity index (χ3n) is 5.83. The molecule has 2 aliphatic rings. The van der Waals surface area contributed by atoms with E-state index in [1.165, 1.54) is 26.9 Å². The van der Waals surface area contributed by atoms with E-state index in [1.54, 1.807) is 12.1 Å². The van der Waals surface area contributed by atoms with Gasteiger partial charge in [0.25, 0.3) is 5.91 Å². The number of nitrogens with one attached hydrogen (secondary N) is 1. The maximum atomic E-state index is 13.1. The number of carbonyl (C=O) groups excluding carboxylic acids is 2. The van der Waals surface area contributed by atoms with E-state index in [2.05, 4.69) is 22.3 Å². The van der Waals surface area contributed by atoms with Gasteiger partial charge >= 0.3 is 0 Å². The van der Waals surface area contributed by atoms with E-state index >= 15 is 0 Å². The highest BCUT2D eigenvalue weighted by atomic mass is 16.5. The van der Waals surface area contributed by atoms with Crippen LogP contribution in [0.3, 0.4) is 0 Å². The van der Waals surface area contributed by atoms with Crippen molar-refractivity contribution >= 4 is 23.2 Å². The maximum absolute atomic E-state index is 13.1. The second kappa shape index (κ2) is 8.75. The number of rotatable bonds is 5. The second-order valence-corrected chi connectivity index (χ2v) is 7.58. The lowest BCUT2D eigenvalue weighted by Gasteiger charge is -2.36. The van der Waals surface area contributed by atoms with E-state index in [0.717, 1.165) is 17.8 Å². The van der Waals surface area contributed by atoms with Crippen molar-refractivity contribution in [1.29, 1.82) is 0 Å². The van der Waals surface area contributed by atoms with Gasteiger partial charge in [0.05, 0.1) is 21.3 Å². The number of aryl methyl sites for hydroxylation is 1. The van der Waals surface area contributed by atoms with E-state index in [1.807, 2.05) is 11.0 Å². The Hall–Kier alpha value is -3.42. The Labute approximate surface area is 181 Å². The minimum atomic E-state index is -0.0726. The molecule has 0 bridgehead atoms. The Morgan fingerprint density at radius 1 is 0.903 bits per heavy atom. The van der Waals surface area contributed by atoms with Crippen LogP contribution in [0.25, 0.3) is 0 Å². The first kappa shape index (κ1) is 20.8. The van der Waals surface area contributed by atoms with Gasteiger partial charge in [-0.3, -0.25) is 9.59 Å². The fourth-order valence-corrected chi connectivity index (χ4v) is 4.11. The van der Waals surface area contributed by atoms with Gasteiger partial charge in [-0.25, -0.2) is 0 Å². The monoisotopic (exact) mass is 425 g/mol. The lowest BCUT2D eigenvalue weighted by molar-refractivity contribution is -0.116. The molecule has 0 radical (unpaired) electrons. The van der Waals surface area contributed by atoms with Crippen LogP contribution < -0.4 is 24.4 Å². The molecule has 0 unspecified atom stereocenters. The molecule has 2 aliphatic heterocycles. The van der Waals surface area contributed by atoms with Crippen LogP contribution in [0.4, 0.5) is 11.4 Å². The van der Waals surface area contributed by atoms with Crippen LogP contribution >= 0.6 is 0 Å². The Bertz CT molecular complexity index is 974. The number of nitrogens with zero attached hydrogens (tertiary/aromatic N) is 2. The van der Waals surface area contributed by atoms with Crippen molar-refractivity contribution in [3.63, 3.8) is 0 Å². The Kier molecular flexibility index (Phi) is 5.88. The van der Waals surface area contributed by atoms with E-state index in [-0.39, 0.29) is 11.8 Å². The number of piperazine rings is 1. The molecule has 1 saturated heterocycles. The molecule has 0 spiro atoms. The summed E-state index contributed by atoms with van der Waals surface area (Å²) in [6.07, 6.45) is 1.31. The van der Waals surface area contributed by atoms with Crippen molar-refractivity contribution in [3.8, 4) is 17.2 Å². The standard InChI is InChI=1S/C23H27N3O5/c1-29-19-12-16(13-20(30-2)22(19)31-3)23(28)26-10-8-25(9-11-26)17-6-4-15-5-7-21(27)24-18(15)14-17/h4,6,12-14H,5,7-11H2,1-3H3,(H,24,27). The molecule has 0 atom stereocenters.